The number of ether oxygens (including phenoxy) is 1. The third-order valence-corrected chi connectivity index (χ3v) is 7.00. The van der Waals surface area contributed by atoms with Gasteiger partial charge in [0.05, 0.1) is 24.9 Å². The number of nitrogens with one attached hydrogen (secondary N) is 1. The average molecular weight is 449 g/mol. The van der Waals surface area contributed by atoms with Gasteiger partial charge in [-0.2, -0.15) is 0 Å². The van der Waals surface area contributed by atoms with Crippen molar-refractivity contribution in [3.8, 4) is 0 Å². The van der Waals surface area contributed by atoms with E-state index in [1.54, 1.807) is 13.2 Å². The lowest BCUT2D eigenvalue weighted by atomic mass is 10.0. The van der Waals surface area contributed by atoms with Gasteiger partial charge in [-0.25, -0.2) is 4.79 Å². The van der Waals surface area contributed by atoms with Gasteiger partial charge in [-0.05, 0) is 42.8 Å². The fourth-order valence-electron chi connectivity index (χ4n) is 4.39. The largest absolute Gasteiger partial charge is 0.464 e. The molecule has 164 valence electrons. The van der Waals surface area contributed by atoms with Crippen LogP contribution in [0.1, 0.15) is 33.3 Å². The van der Waals surface area contributed by atoms with Crippen molar-refractivity contribution in [3.63, 3.8) is 0 Å². The molecule has 2 aromatic carbocycles. The number of nitrogens with zero attached hydrogens (tertiary/aromatic N) is 1. The molecule has 0 saturated carbocycles. The highest BCUT2D eigenvalue weighted by Crippen LogP contribution is 2.38. The molecule has 0 radical (unpaired) electrons. The molecule has 1 amide bonds. The van der Waals surface area contributed by atoms with Gasteiger partial charge in [-0.1, -0.05) is 30.3 Å². The Balaban J connectivity index is 1.46. The molecule has 0 aliphatic carbocycles. The minimum Gasteiger partial charge on any atom is -0.464 e. The van der Waals surface area contributed by atoms with E-state index in [2.05, 4.69) is 17.3 Å². The molecule has 4 aromatic rings. The second-order valence-electron chi connectivity index (χ2n) is 8.06. The van der Waals surface area contributed by atoms with E-state index < -0.39 is 0 Å². The molecule has 7 heteroatoms. The zero-order chi connectivity index (χ0) is 22.2. The highest BCUT2D eigenvalue weighted by molar-refractivity contribution is 7.17. The summed E-state index contributed by atoms with van der Waals surface area (Å²) in [7, 11) is 2.05. The number of esters is 1. The van der Waals surface area contributed by atoms with Gasteiger partial charge in [-0.3, -0.25) is 4.79 Å². The maximum atomic E-state index is 13.1. The number of carbonyl (C=O) groups excluding carboxylic acids is 2. The first-order valence-corrected chi connectivity index (χ1v) is 11.5. The van der Waals surface area contributed by atoms with Crippen molar-refractivity contribution in [1.82, 2.24) is 4.90 Å². The van der Waals surface area contributed by atoms with Crippen LogP contribution in [0.3, 0.4) is 0 Å². The summed E-state index contributed by atoms with van der Waals surface area (Å²) in [6.45, 7) is 3.72. The molecule has 0 fully saturated rings. The number of fused-ring (bicyclic) bond motifs is 4. The van der Waals surface area contributed by atoms with E-state index in [0.717, 1.165) is 57.3 Å². The van der Waals surface area contributed by atoms with Crippen molar-refractivity contribution in [2.24, 2.45) is 0 Å². The molecule has 0 saturated heterocycles. The normalized spacial score (nSPS) is 13.9. The summed E-state index contributed by atoms with van der Waals surface area (Å²) in [6.07, 6.45) is 2.58. The number of rotatable bonds is 5. The lowest BCUT2D eigenvalue weighted by Gasteiger charge is -2.22. The molecule has 6 nitrogen and oxygen atoms in total. The molecule has 0 bridgehead atoms. The van der Waals surface area contributed by atoms with Gasteiger partial charge in [-0.15, -0.1) is 11.3 Å². The Hall–Kier alpha value is -3.16. The fraction of sp³-hybridized carbons (Fsp3) is 0.280. The van der Waals surface area contributed by atoms with Gasteiger partial charge in [0.2, 0.25) is 5.91 Å². The zero-order valence-electron chi connectivity index (χ0n) is 18.1. The predicted molar refractivity (Wildman–Crippen MR) is 126 cm³/mol. The minimum atomic E-state index is -0.371. The lowest BCUT2D eigenvalue weighted by Crippen LogP contribution is -2.26. The molecule has 1 N–H and O–H groups in total. The molecule has 0 spiro atoms. The number of benzene rings is 2. The number of hydrogen-bond donors (Lipinski definition) is 1. The summed E-state index contributed by atoms with van der Waals surface area (Å²) < 4.78 is 11.0. The van der Waals surface area contributed by atoms with Gasteiger partial charge in [0.25, 0.3) is 0 Å². The Morgan fingerprint density at radius 3 is 2.91 bits per heavy atom. The molecular formula is C25H24N2O4S. The summed E-state index contributed by atoms with van der Waals surface area (Å²) in [5.74, 6) is -0.553. The van der Waals surface area contributed by atoms with E-state index >= 15 is 0 Å². The van der Waals surface area contributed by atoms with Crippen LogP contribution in [0.4, 0.5) is 5.00 Å². The SMILES string of the molecule is CCOC(=O)c1c(NC(=O)Cc2coc3ccc4ccccc4c23)sc2c1CCN(C)C2. The number of furan rings is 1. The van der Waals surface area contributed by atoms with Gasteiger partial charge >= 0.3 is 5.97 Å². The second-order valence-corrected chi connectivity index (χ2v) is 9.17. The van der Waals surface area contributed by atoms with E-state index in [9.17, 15) is 9.59 Å². The topological polar surface area (TPSA) is 71.8 Å². The number of anilines is 1. The molecule has 3 heterocycles. The van der Waals surface area contributed by atoms with Crippen LogP contribution >= 0.6 is 11.3 Å². The van der Waals surface area contributed by atoms with Gasteiger partial charge in [0, 0.05) is 28.9 Å². The smallest absolute Gasteiger partial charge is 0.341 e. The zero-order valence-corrected chi connectivity index (χ0v) is 18.9. The van der Waals surface area contributed by atoms with E-state index in [0.29, 0.717) is 17.2 Å². The van der Waals surface area contributed by atoms with Crippen LogP contribution in [-0.2, 0) is 28.9 Å². The highest BCUT2D eigenvalue weighted by Gasteiger charge is 2.28. The van der Waals surface area contributed by atoms with Crippen LogP contribution < -0.4 is 5.32 Å². The molecule has 5 rings (SSSR count). The minimum absolute atomic E-state index is 0.158. The third kappa shape index (κ3) is 3.67. The van der Waals surface area contributed by atoms with Crippen molar-refractivity contribution < 1.29 is 18.7 Å². The maximum absolute atomic E-state index is 13.1. The van der Waals surface area contributed by atoms with Gasteiger partial charge < -0.3 is 19.4 Å². The van der Waals surface area contributed by atoms with Crippen LogP contribution in [0.2, 0.25) is 0 Å². The standard InChI is InChI=1S/C25H24N2O4S/c1-3-30-25(29)23-18-10-11-27(2)13-20(18)32-24(23)26-21(28)12-16-14-31-19-9-8-15-6-4-5-7-17(15)22(16)19/h4-9,14H,3,10-13H2,1-2H3,(H,26,28). The summed E-state index contributed by atoms with van der Waals surface area (Å²) in [5, 5.41) is 6.68. The Kier molecular flexibility index (Phi) is 5.45. The average Bonchev–Trinajstić information content (AvgIpc) is 3.34. The van der Waals surface area contributed by atoms with Crippen molar-refractivity contribution in [3.05, 3.63) is 64.2 Å². The van der Waals surface area contributed by atoms with Crippen molar-refractivity contribution in [1.29, 1.82) is 0 Å². The predicted octanol–water partition coefficient (Wildman–Crippen LogP) is 4.99. The van der Waals surface area contributed by atoms with Gasteiger partial charge in [0.1, 0.15) is 10.6 Å². The molecule has 0 atom stereocenters. The molecule has 32 heavy (non-hydrogen) atoms. The van der Waals surface area contributed by atoms with Crippen LogP contribution in [0.25, 0.3) is 21.7 Å². The molecule has 1 aliphatic rings. The second kappa shape index (κ2) is 8.41. The highest BCUT2D eigenvalue weighted by atomic mass is 32.1. The van der Waals surface area contributed by atoms with Crippen molar-refractivity contribution in [2.75, 3.05) is 25.5 Å². The Bertz CT molecular complexity index is 1340. The third-order valence-electron chi connectivity index (χ3n) is 5.87. The summed E-state index contributed by atoms with van der Waals surface area (Å²) >= 11 is 1.47. The van der Waals surface area contributed by atoms with Crippen LogP contribution in [-0.4, -0.2) is 37.0 Å². The first-order valence-electron chi connectivity index (χ1n) is 10.7. The van der Waals surface area contributed by atoms with E-state index in [1.165, 1.54) is 11.3 Å². The summed E-state index contributed by atoms with van der Waals surface area (Å²) in [4.78, 5) is 29.1. The number of thiophene rings is 1. The van der Waals surface area contributed by atoms with Crippen LogP contribution in [0.15, 0.2) is 47.1 Å². The summed E-state index contributed by atoms with van der Waals surface area (Å²) in [5.41, 5.74) is 3.10. The first-order chi connectivity index (χ1) is 15.5. The Morgan fingerprint density at radius 1 is 1.22 bits per heavy atom. The molecule has 0 unspecified atom stereocenters. The van der Waals surface area contributed by atoms with Crippen LogP contribution in [0.5, 0.6) is 0 Å². The van der Waals surface area contributed by atoms with E-state index in [4.69, 9.17) is 9.15 Å². The van der Waals surface area contributed by atoms with Crippen LogP contribution in [0, 0.1) is 0 Å². The van der Waals surface area contributed by atoms with Gasteiger partial charge in [0.15, 0.2) is 0 Å². The first kappa shape index (κ1) is 20.7. The quantitative estimate of drug-likeness (QED) is 0.436. The maximum Gasteiger partial charge on any atom is 0.341 e. The molecule has 2 aromatic heterocycles. The monoisotopic (exact) mass is 448 g/mol. The van der Waals surface area contributed by atoms with Crippen molar-refractivity contribution in [2.45, 2.75) is 26.3 Å². The number of carbonyl (C=O) groups is 2. The molecular weight excluding hydrogens is 424 g/mol. The molecule has 1 aliphatic heterocycles. The Morgan fingerprint density at radius 2 is 2.06 bits per heavy atom. The van der Waals surface area contributed by atoms with Crippen molar-refractivity contribution >= 4 is 50.0 Å². The lowest BCUT2D eigenvalue weighted by molar-refractivity contribution is -0.115. The number of amides is 1. The van der Waals surface area contributed by atoms with E-state index in [1.807, 2.05) is 36.4 Å². The number of likely N-dealkylation sites (N-methyl/N-ethyl adjacent to an activating group) is 1. The Labute approximate surface area is 189 Å². The fourth-order valence-corrected chi connectivity index (χ4v) is 5.72. The van der Waals surface area contributed by atoms with E-state index in [-0.39, 0.29) is 18.3 Å². The number of hydrogen-bond acceptors (Lipinski definition) is 6. The summed E-state index contributed by atoms with van der Waals surface area (Å²) in [6, 6.07) is 12.0.